The number of aryl methyl sites for hydroxylation is 1. The summed E-state index contributed by atoms with van der Waals surface area (Å²) in [7, 11) is 0. The van der Waals surface area contributed by atoms with Crippen LogP contribution in [-0.4, -0.2) is 38.9 Å². The van der Waals surface area contributed by atoms with Crippen LogP contribution in [0.2, 0.25) is 0 Å². The standard InChI is InChI=1S/C14H16N4O/c1-11-3-2-4-12(9-11)14(19)17-7-5-13(10-17)18-8-6-15-16-18/h2-4,6,8-9,13H,5,7,10H2,1H3. The fraction of sp³-hybridized carbons (Fsp3) is 0.357. The van der Waals surface area contributed by atoms with Crippen LogP contribution in [0.5, 0.6) is 0 Å². The van der Waals surface area contributed by atoms with E-state index in [1.165, 1.54) is 0 Å². The summed E-state index contributed by atoms with van der Waals surface area (Å²) in [4.78, 5) is 14.3. The highest BCUT2D eigenvalue weighted by Crippen LogP contribution is 2.22. The van der Waals surface area contributed by atoms with Gasteiger partial charge in [-0.2, -0.15) is 0 Å². The number of nitrogens with zero attached hydrogens (tertiary/aromatic N) is 4. The first-order chi connectivity index (χ1) is 9.24. The van der Waals surface area contributed by atoms with Gasteiger partial charge >= 0.3 is 0 Å². The zero-order valence-electron chi connectivity index (χ0n) is 10.9. The molecule has 0 bridgehead atoms. The van der Waals surface area contributed by atoms with Gasteiger partial charge in [-0.1, -0.05) is 22.9 Å². The molecule has 0 N–H and O–H groups in total. The van der Waals surface area contributed by atoms with E-state index in [0.717, 1.165) is 24.1 Å². The number of aromatic nitrogens is 3. The third kappa shape index (κ3) is 2.36. The molecule has 0 aliphatic carbocycles. The molecule has 1 atom stereocenters. The Morgan fingerprint density at radius 1 is 1.42 bits per heavy atom. The van der Waals surface area contributed by atoms with Crippen molar-refractivity contribution in [1.29, 1.82) is 0 Å². The van der Waals surface area contributed by atoms with Crippen molar-refractivity contribution in [2.24, 2.45) is 0 Å². The van der Waals surface area contributed by atoms with Crippen LogP contribution in [0.4, 0.5) is 0 Å². The zero-order valence-corrected chi connectivity index (χ0v) is 10.9. The molecule has 5 nitrogen and oxygen atoms in total. The Balaban J connectivity index is 1.73. The molecule has 0 radical (unpaired) electrons. The Morgan fingerprint density at radius 3 is 3.05 bits per heavy atom. The molecule has 0 saturated carbocycles. The minimum atomic E-state index is 0.103. The molecule has 2 heterocycles. The van der Waals surface area contributed by atoms with E-state index in [1.54, 1.807) is 6.20 Å². The molecule has 1 aliphatic heterocycles. The van der Waals surface area contributed by atoms with Crippen LogP contribution in [-0.2, 0) is 0 Å². The molecular weight excluding hydrogens is 240 g/mol. The Kier molecular flexibility index (Phi) is 3.03. The van der Waals surface area contributed by atoms with Gasteiger partial charge in [0.05, 0.1) is 12.2 Å². The first kappa shape index (κ1) is 11.9. The van der Waals surface area contributed by atoms with Crippen molar-refractivity contribution in [3.63, 3.8) is 0 Å². The number of benzene rings is 1. The van der Waals surface area contributed by atoms with Crippen molar-refractivity contribution < 1.29 is 4.79 Å². The van der Waals surface area contributed by atoms with E-state index >= 15 is 0 Å². The molecule has 0 spiro atoms. The predicted molar refractivity (Wildman–Crippen MR) is 70.8 cm³/mol. The SMILES string of the molecule is Cc1cccc(C(=O)N2CCC(n3ccnn3)C2)c1. The van der Waals surface area contributed by atoms with Crippen molar-refractivity contribution in [3.8, 4) is 0 Å². The van der Waals surface area contributed by atoms with E-state index in [1.807, 2.05) is 47.0 Å². The van der Waals surface area contributed by atoms with Gasteiger partial charge in [0.1, 0.15) is 0 Å². The monoisotopic (exact) mass is 256 g/mol. The molecule has 1 saturated heterocycles. The fourth-order valence-corrected chi connectivity index (χ4v) is 2.52. The maximum Gasteiger partial charge on any atom is 0.253 e. The van der Waals surface area contributed by atoms with E-state index in [4.69, 9.17) is 0 Å². The second-order valence-electron chi connectivity index (χ2n) is 4.95. The molecular formula is C14H16N4O. The summed E-state index contributed by atoms with van der Waals surface area (Å²) in [6.07, 6.45) is 4.46. The Hall–Kier alpha value is -2.17. The third-order valence-electron chi connectivity index (χ3n) is 3.53. The Morgan fingerprint density at radius 2 is 2.32 bits per heavy atom. The van der Waals surface area contributed by atoms with Crippen molar-refractivity contribution in [2.75, 3.05) is 13.1 Å². The second kappa shape index (κ2) is 4.84. The lowest BCUT2D eigenvalue weighted by Gasteiger charge is -2.16. The molecule has 1 aliphatic rings. The number of amides is 1. The maximum atomic E-state index is 12.4. The van der Waals surface area contributed by atoms with Crippen LogP contribution >= 0.6 is 0 Å². The number of likely N-dealkylation sites (tertiary alicyclic amines) is 1. The van der Waals surface area contributed by atoms with Crippen molar-refractivity contribution in [2.45, 2.75) is 19.4 Å². The number of carbonyl (C=O) groups is 1. The summed E-state index contributed by atoms with van der Waals surface area (Å²) < 4.78 is 1.84. The van der Waals surface area contributed by atoms with Crippen molar-refractivity contribution in [3.05, 3.63) is 47.8 Å². The number of carbonyl (C=O) groups excluding carboxylic acids is 1. The van der Waals surface area contributed by atoms with E-state index < -0.39 is 0 Å². The van der Waals surface area contributed by atoms with Gasteiger partial charge < -0.3 is 4.90 Å². The molecule has 98 valence electrons. The smallest absolute Gasteiger partial charge is 0.253 e. The number of rotatable bonds is 2. The minimum Gasteiger partial charge on any atom is -0.336 e. The van der Waals surface area contributed by atoms with Crippen molar-refractivity contribution >= 4 is 5.91 Å². The van der Waals surface area contributed by atoms with Crippen LogP contribution in [0.15, 0.2) is 36.7 Å². The first-order valence-corrected chi connectivity index (χ1v) is 6.46. The van der Waals surface area contributed by atoms with Gasteiger partial charge in [-0.15, -0.1) is 5.10 Å². The van der Waals surface area contributed by atoms with Gasteiger partial charge in [0.25, 0.3) is 5.91 Å². The second-order valence-corrected chi connectivity index (χ2v) is 4.95. The van der Waals surface area contributed by atoms with E-state index in [9.17, 15) is 4.79 Å². The zero-order chi connectivity index (χ0) is 13.2. The molecule has 5 heteroatoms. The van der Waals surface area contributed by atoms with Crippen LogP contribution in [0, 0.1) is 6.92 Å². The topological polar surface area (TPSA) is 51.0 Å². The van der Waals surface area contributed by atoms with Gasteiger partial charge in [0, 0.05) is 24.8 Å². The lowest BCUT2D eigenvalue weighted by molar-refractivity contribution is 0.0787. The van der Waals surface area contributed by atoms with Crippen LogP contribution in [0.25, 0.3) is 0 Å². The van der Waals surface area contributed by atoms with Crippen LogP contribution in [0.3, 0.4) is 0 Å². The summed E-state index contributed by atoms with van der Waals surface area (Å²) in [6.45, 7) is 3.48. The van der Waals surface area contributed by atoms with E-state index in [2.05, 4.69) is 10.3 Å². The summed E-state index contributed by atoms with van der Waals surface area (Å²) in [5, 5.41) is 7.82. The summed E-state index contributed by atoms with van der Waals surface area (Å²) >= 11 is 0. The highest BCUT2D eigenvalue weighted by Gasteiger charge is 2.28. The molecule has 1 aromatic carbocycles. The lowest BCUT2D eigenvalue weighted by atomic mass is 10.1. The highest BCUT2D eigenvalue weighted by molar-refractivity contribution is 5.94. The molecule has 19 heavy (non-hydrogen) atoms. The van der Waals surface area contributed by atoms with E-state index in [0.29, 0.717) is 6.54 Å². The molecule has 1 fully saturated rings. The minimum absolute atomic E-state index is 0.103. The maximum absolute atomic E-state index is 12.4. The fourth-order valence-electron chi connectivity index (χ4n) is 2.52. The van der Waals surface area contributed by atoms with E-state index in [-0.39, 0.29) is 11.9 Å². The van der Waals surface area contributed by atoms with Crippen LogP contribution in [0.1, 0.15) is 28.4 Å². The molecule has 1 amide bonds. The first-order valence-electron chi connectivity index (χ1n) is 6.46. The average molecular weight is 256 g/mol. The third-order valence-corrected chi connectivity index (χ3v) is 3.53. The summed E-state index contributed by atoms with van der Waals surface area (Å²) in [6, 6.07) is 7.98. The quantitative estimate of drug-likeness (QED) is 0.821. The number of hydrogen-bond acceptors (Lipinski definition) is 3. The molecule has 1 unspecified atom stereocenters. The molecule has 1 aromatic heterocycles. The number of hydrogen-bond donors (Lipinski definition) is 0. The van der Waals surface area contributed by atoms with Gasteiger partial charge in [0.2, 0.25) is 0 Å². The van der Waals surface area contributed by atoms with Gasteiger partial charge in [0.15, 0.2) is 0 Å². The van der Waals surface area contributed by atoms with Crippen LogP contribution < -0.4 is 0 Å². The largest absolute Gasteiger partial charge is 0.336 e. The molecule has 2 aromatic rings. The Bertz CT molecular complexity index is 579. The summed E-state index contributed by atoms with van der Waals surface area (Å²) in [5.74, 6) is 0.103. The predicted octanol–water partition coefficient (Wildman–Crippen LogP) is 1.67. The summed E-state index contributed by atoms with van der Waals surface area (Å²) in [5.41, 5.74) is 1.87. The van der Waals surface area contributed by atoms with Gasteiger partial charge in [-0.05, 0) is 25.5 Å². The van der Waals surface area contributed by atoms with Gasteiger partial charge in [-0.25, -0.2) is 4.68 Å². The van der Waals surface area contributed by atoms with Gasteiger partial charge in [-0.3, -0.25) is 4.79 Å². The highest BCUT2D eigenvalue weighted by atomic mass is 16.2. The normalized spacial score (nSPS) is 18.8. The molecule has 3 rings (SSSR count). The Labute approximate surface area is 111 Å². The lowest BCUT2D eigenvalue weighted by Crippen LogP contribution is -2.29. The van der Waals surface area contributed by atoms with Crippen molar-refractivity contribution in [1.82, 2.24) is 19.9 Å². The average Bonchev–Trinajstić information content (AvgIpc) is 3.08.